The van der Waals surface area contributed by atoms with E-state index in [0.29, 0.717) is 10.6 Å². The van der Waals surface area contributed by atoms with E-state index in [1.54, 1.807) is 25.4 Å². The monoisotopic (exact) mass is 523 g/mol. The molecule has 7 nitrogen and oxygen atoms in total. The van der Waals surface area contributed by atoms with Gasteiger partial charge in [0.05, 0.1) is 36.2 Å². The van der Waals surface area contributed by atoms with Crippen molar-refractivity contribution < 1.29 is 32.2 Å². The zero-order chi connectivity index (χ0) is 26.6. The molecule has 0 spiro atoms. The Morgan fingerprint density at radius 2 is 1.89 bits per heavy atom. The van der Waals surface area contributed by atoms with E-state index in [1.807, 2.05) is 0 Å². The van der Waals surface area contributed by atoms with Crippen LogP contribution in [0.3, 0.4) is 0 Å². The Balaban J connectivity index is 1.96. The zero-order valence-electron chi connectivity index (χ0n) is 20.3. The lowest BCUT2D eigenvalue weighted by Crippen LogP contribution is -2.59. The maximum absolute atomic E-state index is 14.4. The Bertz CT molecular complexity index is 1110. The van der Waals surface area contributed by atoms with Crippen LogP contribution >= 0.6 is 11.3 Å². The summed E-state index contributed by atoms with van der Waals surface area (Å²) in [5.74, 6) is -2.45. The predicted molar refractivity (Wildman–Crippen MR) is 126 cm³/mol. The summed E-state index contributed by atoms with van der Waals surface area (Å²) in [6.45, 7) is 3.44. The molecule has 3 rings (SSSR count). The van der Waals surface area contributed by atoms with Gasteiger partial charge in [0.25, 0.3) is 11.5 Å². The summed E-state index contributed by atoms with van der Waals surface area (Å²) in [7, 11) is 0.867. The largest absolute Gasteiger partial charge is 0.466 e. The first-order valence-electron chi connectivity index (χ1n) is 11.5. The first-order chi connectivity index (χ1) is 17.1. The van der Waals surface area contributed by atoms with Crippen molar-refractivity contribution in [3.8, 4) is 6.07 Å². The van der Waals surface area contributed by atoms with E-state index in [9.17, 15) is 28.0 Å². The lowest BCUT2D eigenvalue weighted by atomic mass is 9.66. The molecular weight excluding hydrogens is 495 g/mol. The number of hydrogen-bond donors (Lipinski definition) is 0. The number of amides is 1. The van der Waals surface area contributed by atoms with Gasteiger partial charge in [-0.2, -0.15) is 18.4 Å². The van der Waals surface area contributed by atoms with E-state index in [2.05, 4.69) is 11.1 Å². The van der Waals surface area contributed by atoms with Gasteiger partial charge in [0, 0.05) is 36.1 Å². The Kier molecular flexibility index (Phi) is 8.41. The number of nitrogens with zero attached hydrogens (tertiary/aromatic N) is 3. The van der Waals surface area contributed by atoms with Gasteiger partial charge in [-0.15, -0.1) is 11.3 Å². The van der Waals surface area contributed by atoms with Crippen LogP contribution in [0.25, 0.3) is 0 Å². The topological polar surface area (TPSA) is 92.5 Å². The first kappa shape index (κ1) is 27.6. The third kappa shape index (κ3) is 4.97. The molecule has 11 heteroatoms. The molecule has 0 saturated carbocycles. The smallest absolute Gasteiger partial charge is 0.430 e. The molecule has 1 unspecified atom stereocenters. The molecule has 2 atom stereocenters. The van der Waals surface area contributed by atoms with Crippen molar-refractivity contribution in [1.82, 2.24) is 9.88 Å². The highest BCUT2D eigenvalue weighted by Crippen LogP contribution is 2.50. The normalized spacial score (nSPS) is 18.1. The molecule has 194 valence electrons. The highest BCUT2D eigenvalue weighted by Gasteiger charge is 2.64. The van der Waals surface area contributed by atoms with E-state index in [-0.39, 0.29) is 44.5 Å². The molecule has 2 heterocycles. The number of aryl methyl sites for hydroxylation is 1. The number of alkyl halides is 3. The fourth-order valence-corrected chi connectivity index (χ4v) is 5.90. The summed E-state index contributed by atoms with van der Waals surface area (Å²) in [5.41, 5.74) is -2.13. The van der Waals surface area contributed by atoms with Gasteiger partial charge in [-0.25, -0.2) is 4.98 Å². The van der Waals surface area contributed by atoms with Gasteiger partial charge < -0.3 is 14.4 Å². The molecule has 0 radical (unpaired) electrons. The molecule has 0 N–H and O–H groups in total. The van der Waals surface area contributed by atoms with E-state index in [0.717, 1.165) is 12.0 Å². The molecule has 0 aliphatic carbocycles. The number of methoxy groups -OCH3 is 1. The van der Waals surface area contributed by atoms with Gasteiger partial charge in [-0.05, 0) is 26.7 Å². The number of carbonyl (C=O) groups is 2. The Labute approximate surface area is 211 Å². The number of rotatable bonds is 8. The number of aromatic nitrogens is 1. The van der Waals surface area contributed by atoms with Crippen LogP contribution in [0.1, 0.15) is 48.2 Å². The van der Waals surface area contributed by atoms with Crippen molar-refractivity contribution in [1.29, 1.82) is 5.26 Å². The fourth-order valence-electron chi connectivity index (χ4n) is 4.91. The van der Waals surface area contributed by atoms with Gasteiger partial charge in [-0.1, -0.05) is 30.3 Å². The highest BCUT2D eigenvalue weighted by atomic mass is 32.1. The maximum atomic E-state index is 14.4. The quantitative estimate of drug-likeness (QED) is 0.465. The van der Waals surface area contributed by atoms with E-state index in [4.69, 9.17) is 9.47 Å². The molecule has 1 amide bonds. The van der Waals surface area contributed by atoms with Crippen molar-refractivity contribution in [3.05, 3.63) is 52.0 Å². The molecule has 1 saturated heterocycles. The van der Waals surface area contributed by atoms with Gasteiger partial charge in [0.15, 0.2) is 0 Å². The van der Waals surface area contributed by atoms with Gasteiger partial charge in [-0.3, -0.25) is 9.59 Å². The van der Waals surface area contributed by atoms with Gasteiger partial charge in [0.1, 0.15) is 0 Å². The van der Waals surface area contributed by atoms with Crippen LogP contribution in [-0.2, 0) is 24.7 Å². The van der Waals surface area contributed by atoms with E-state index < -0.39 is 35.0 Å². The first-order valence-corrected chi connectivity index (χ1v) is 12.4. The minimum absolute atomic E-state index is 0.0811. The lowest BCUT2D eigenvalue weighted by Gasteiger charge is -2.46. The second-order valence-electron chi connectivity index (χ2n) is 8.75. The average Bonchev–Trinajstić information content (AvgIpc) is 3.26. The maximum Gasteiger partial charge on any atom is 0.430 e. The van der Waals surface area contributed by atoms with E-state index >= 15 is 0 Å². The number of nitriles is 1. The van der Waals surface area contributed by atoms with Gasteiger partial charge >= 0.3 is 12.1 Å². The molecule has 0 bridgehead atoms. The molecular formula is C25H28F3N3O4S. The molecule has 1 fully saturated rings. The van der Waals surface area contributed by atoms with Crippen LogP contribution in [0.15, 0.2) is 35.8 Å². The third-order valence-corrected chi connectivity index (χ3v) is 7.82. The molecule has 1 aliphatic heterocycles. The second kappa shape index (κ2) is 11.0. The molecule has 36 heavy (non-hydrogen) atoms. The van der Waals surface area contributed by atoms with Crippen molar-refractivity contribution in [2.24, 2.45) is 5.41 Å². The minimum Gasteiger partial charge on any atom is -0.466 e. The predicted octanol–water partition coefficient (Wildman–Crippen LogP) is 4.72. The van der Waals surface area contributed by atoms with Crippen molar-refractivity contribution >= 4 is 23.2 Å². The number of likely N-dealkylation sites (tertiary alicyclic amines) is 1. The number of hydrogen-bond acceptors (Lipinski definition) is 7. The number of halogens is 3. The molecule has 1 aliphatic rings. The summed E-state index contributed by atoms with van der Waals surface area (Å²) in [5, 5.41) is 10.1. The lowest BCUT2D eigenvalue weighted by molar-refractivity contribution is -0.271. The Hall–Kier alpha value is -2.97. The van der Waals surface area contributed by atoms with Gasteiger partial charge in [0.2, 0.25) is 0 Å². The third-order valence-electron chi connectivity index (χ3n) is 6.82. The van der Waals surface area contributed by atoms with Crippen molar-refractivity contribution in [2.75, 3.05) is 26.8 Å². The number of ether oxygens (including phenoxy) is 2. The SMILES string of the molecule is CCOC(=O)CC1(C(C#N)c2scnc2C)CCN(C(=O)[C@](OC)(c2ccccc2)C(F)(F)F)CC1. The highest BCUT2D eigenvalue weighted by molar-refractivity contribution is 7.09. The molecule has 1 aromatic heterocycles. The van der Waals surface area contributed by atoms with Crippen LogP contribution in [0.4, 0.5) is 13.2 Å². The van der Waals surface area contributed by atoms with Crippen LogP contribution in [0.2, 0.25) is 0 Å². The number of esters is 1. The fraction of sp³-hybridized carbons (Fsp3) is 0.520. The van der Waals surface area contributed by atoms with Crippen LogP contribution < -0.4 is 0 Å². The number of benzene rings is 1. The van der Waals surface area contributed by atoms with Crippen LogP contribution in [-0.4, -0.2) is 54.7 Å². The summed E-state index contributed by atoms with van der Waals surface area (Å²) >= 11 is 1.30. The molecule has 1 aromatic carbocycles. The van der Waals surface area contributed by atoms with Crippen LogP contribution in [0, 0.1) is 23.7 Å². The zero-order valence-corrected chi connectivity index (χ0v) is 21.1. The minimum atomic E-state index is -5.02. The van der Waals surface area contributed by atoms with Crippen molar-refractivity contribution in [2.45, 2.75) is 50.8 Å². The second-order valence-corrected chi connectivity index (χ2v) is 9.64. The number of thiazole rings is 1. The summed E-state index contributed by atoms with van der Waals surface area (Å²) in [6, 6.07) is 9.10. The average molecular weight is 524 g/mol. The summed E-state index contributed by atoms with van der Waals surface area (Å²) < 4.78 is 53.3. The molecule has 2 aromatic rings. The summed E-state index contributed by atoms with van der Waals surface area (Å²) in [6.07, 6.45) is -4.83. The van der Waals surface area contributed by atoms with Crippen LogP contribution in [0.5, 0.6) is 0 Å². The summed E-state index contributed by atoms with van der Waals surface area (Å²) in [4.78, 5) is 32.0. The Morgan fingerprint density at radius 3 is 2.36 bits per heavy atom. The van der Waals surface area contributed by atoms with E-state index in [1.165, 1.54) is 35.6 Å². The van der Waals surface area contributed by atoms with Crippen molar-refractivity contribution in [3.63, 3.8) is 0 Å². The Morgan fingerprint density at radius 1 is 1.25 bits per heavy atom. The number of carbonyl (C=O) groups excluding carboxylic acids is 2. The standard InChI is InChI=1S/C25H28F3N3O4S/c1-4-35-20(32)14-23(19(15-29)21-17(2)30-16-36-21)10-12-31(13-11-23)22(33)24(34-3,25(26,27)28)18-8-6-5-7-9-18/h5-9,16,19H,4,10-14H2,1-3H3/t19?,24-/m1/s1. The number of piperidine rings is 1.